The molecule has 0 aliphatic heterocycles. The number of rotatable bonds is 9. The molecule has 1 atom stereocenters. The van der Waals surface area contributed by atoms with Gasteiger partial charge in [0.05, 0.1) is 25.7 Å². The Bertz CT molecular complexity index is 860. The monoisotopic (exact) mass is 464 g/mol. The molecule has 0 aliphatic carbocycles. The van der Waals surface area contributed by atoms with Crippen LogP contribution in [0.1, 0.15) is 36.2 Å². The molecule has 0 spiro atoms. The smallest absolute Gasteiger partial charge is 0.313 e. The quantitative estimate of drug-likeness (QED) is 0.442. The Kier molecular flexibility index (Phi) is 7.81. The number of carbonyl (C=O) groups is 2. The standard InChI is InChI=1S/C22H25BrO6/c1-22(2,21(26)28-4)20(25)12-19(24)18-10-5-15(23)11-14(18)13-29-17-8-6-16(27-3)7-9-17/h5-11,20,25H,12-13H2,1-4H3. The highest BCUT2D eigenvalue weighted by Gasteiger charge is 2.38. The molecule has 0 radical (unpaired) electrons. The first-order valence-corrected chi connectivity index (χ1v) is 9.83. The molecule has 2 rings (SSSR count). The second kappa shape index (κ2) is 9.89. The second-order valence-electron chi connectivity index (χ2n) is 7.12. The van der Waals surface area contributed by atoms with E-state index in [0.717, 1.165) is 10.2 Å². The number of hydrogen-bond acceptors (Lipinski definition) is 6. The molecular formula is C22H25BrO6. The topological polar surface area (TPSA) is 82.1 Å². The van der Waals surface area contributed by atoms with Gasteiger partial charge >= 0.3 is 5.97 Å². The number of carbonyl (C=O) groups excluding carboxylic acids is 2. The van der Waals surface area contributed by atoms with Crippen molar-refractivity contribution < 1.29 is 28.9 Å². The summed E-state index contributed by atoms with van der Waals surface area (Å²) >= 11 is 3.41. The fourth-order valence-electron chi connectivity index (χ4n) is 2.73. The maximum atomic E-state index is 12.8. The van der Waals surface area contributed by atoms with Crippen LogP contribution in [0, 0.1) is 5.41 Å². The van der Waals surface area contributed by atoms with Crippen LogP contribution in [0.15, 0.2) is 46.9 Å². The van der Waals surface area contributed by atoms with Gasteiger partial charge in [-0.1, -0.05) is 15.9 Å². The average molecular weight is 465 g/mol. The zero-order valence-electron chi connectivity index (χ0n) is 16.9. The maximum Gasteiger partial charge on any atom is 0.313 e. The summed E-state index contributed by atoms with van der Waals surface area (Å²) in [6.07, 6.45) is -1.39. The Balaban J connectivity index is 2.16. The number of halogens is 1. The molecule has 2 aromatic rings. The number of Topliss-reactive ketones (excluding diaryl/α,β-unsaturated/α-hetero) is 1. The molecule has 29 heavy (non-hydrogen) atoms. The van der Waals surface area contributed by atoms with Crippen LogP contribution in [0.25, 0.3) is 0 Å². The molecule has 1 N–H and O–H groups in total. The van der Waals surface area contributed by atoms with Gasteiger partial charge in [0.2, 0.25) is 0 Å². The van der Waals surface area contributed by atoms with E-state index in [2.05, 4.69) is 15.9 Å². The number of aliphatic hydroxyl groups excluding tert-OH is 1. The van der Waals surface area contributed by atoms with Gasteiger partial charge in [-0.15, -0.1) is 0 Å². The summed E-state index contributed by atoms with van der Waals surface area (Å²) in [6.45, 7) is 3.27. The van der Waals surface area contributed by atoms with E-state index in [9.17, 15) is 14.7 Å². The van der Waals surface area contributed by atoms with Gasteiger partial charge in [0.15, 0.2) is 5.78 Å². The molecule has 6 nitrogen and oxygen atoms in total. The van der Waals surface area contributed by atoms with Gasteiger partial charge in [0, 0.05) is 22.0 Å². The normalized spacial score (nSPS) is 12.2. The lowest BCUT2D eigenvalue weighted by molar-refractivity contribution is -0.157. The first kappa shape index (κ1) is 22.9. The lowest BCUT2D eigenvalue weighted by Crippen LogP contribution is -2.39. The first-order chi connectivity index (χ1) is 13.7. The molecule has 0 saturated carbocycles. The molecule has 1 unspecified atom stereocenters. The third kappa shape index (κ3) is 5.81. The molecule has 0 amide bonds. The Morgan fingerprint density at radius 2 is 1.69 bits per heavy atom. The summed E-state index contributed by atoms with van der Waals surface area (Å²) in [4.78, 5) is 24.7. The number of ketones is 1. The van der Waals surface area contributed by atoms with Crippen molar-refractivity contribution in [1.29, 1.82) is 0 Å². The number of aliphatic hydroxyl groups is 1. The van der Waals surface area contributed by atoms with Gasteiger partial charge in [-0.25, -0.2) is 0 Å². The Morgan fingerprint density at radius 3 is 2.28 bits per heavy atom. The van der Waals surface area contributed by atoms with E-state index in [1.165, 1.54) is 7.11 Å². The second-order valence-corrected chi connectivity index (χ2v) is 8.04. The van der Waals surface area contributed by atoms with Crippen molar-refractivity contribution in [3.05, 3.63) is 58.1 Å². The van der Waals surface area contributed by atoms with E-state index in [1.54, 1.807) is 63.4 Å². The van der Waals surface area contributed by atoms with Crippen molar-refractivity contribution in [2.24, 2.45) is 5.41 Å². The van der Waals surface area contributed by atoms with E-state index < -0.39 is 17.5 Å². The predicted octanol–water partition coefficient (Wildman–Crippen LogP) is 4.17. The van der Waals surface area contributed by atoms with Gasteiger partial charge in [-0.05, 0) is 56.3 Å². The van der Waals surface area contributed by atoms with Gasteiger partial charge < -0.3 is 19.3 Å². The van der Waals surface area contributed by atoms with E-state index in [0.29, 0.717) is 16.9 Å². The van der Waals surface area contributed by atoms with Crippen LogP contribution in [0.2, 0.25) is 0 Å². The Labute approximate surface area is 178 Å². The fourth-order valence-corrected chi connectivity index (χ4v) is 3.14. The molecule has 0 aliphatic rings. The lowest BCUT2D eigenvalue weighted by Gasteiger charge is -2.27. The molecule has 0 saturated heterocycles. The molecule has 2 aromatic carbocycles. The molecule has 0 fully saturated rings. The van der Waals surface area contributed by atoms with Crippen LogP contribution in [-0.4, -0.2) is 37.2 Å². The minimum Gasteiger partial charge on any atom is -0.497 e. The number of esters is 1. The SMILES string of the molecule is COC(=O)C(C)(C)C(O)CC(=O)c1ccc(Br)cc1COc1ccc(OC)cc1. The average Bonchev–Trinajstić information content (AvgIpc) is 2.71. The van der Waals surface area contributed by atoms with E-state index in [1.807, 2.05) is 0 Å². The molecule has 0 heterocycles. The molecule has 156 valence electrons. The Morgan fingerprint density at radius 1 is 1.07 bits per heavy atom. The highest BCUT2D eigenvalue weighted by atomic mass is 79.9. The summed E-state index contributed by atoms with van der Waals surface area (Å²) in [7, 11) is 2.84. The van der Waals surface area contributed by atoms with E-state index in [-0.39, 0.29) is 18.8 Å². The van der Waals surface area contributed by atoms with E-state index >= 15 is 0 Å². The van der Waals surface area contributed by atoms with Crippen LogP contribution in [-0.2, 0) is 16.1 Å². The maximum absolute atomic E-state index is 12.8. The summed E-state index contributed by atoms with van der Waals surface area (Å²) in [6, 6.07) is 12.4. The van der Waals surface area contributed by atoms with Crippen molar-refractivity contribution in [2.75, 3.05) is 14.2 Å². The number of ether oxygens (including phenoxy) is 3. The summed E-state index contributed by atoms with van der Waals surface area (Å²) in [5.74, 6) is 0.501. The van der Waals surface area contributed by atoms with Gasteiger partial charge in [-0.2, -0.15) is 0 Å². The van der Waals surface area contributed by atoms with Crippen LogP contribution in [0.4, 0.5) is 0 Å². The summed E-state index contributed by atoms with van der Waals surface area (Å²) in [5.41, 5.74) is -0.0933. The minimum absolute atomic E-state index is 0.170. The third-order valence-electron chi connectivity index (χ3n) is 4.74. The summed E-state index contributed by atoms with van der Waals surface area (Å²) in [5, 5.41) is 10.4. The zero-order chi connectivity index (χ0) is 21.6. The minimum atomic E-state index is -1.19. The van der Waals surface area contributed by atoms with Gasteiger partial charge in [0.25, 0.3) is 0 Å². The van der Waals surface area contributed by atoms with Crippen LogP contribution < -0.4 is 9.47 Å². The predicted molar refractivity (Wildman–Crippen MR) is 112 cm³/mol. The van der Waals surface area contributed by atoms with Gasteiger partial charge in [0.1, 0.15) is 18.1 Å². The van der Waals surface area contributed by atoms with Crippen molar-refractivity contribution in [3.8, 4) is 11.5 Å². The van der Waals surface area contributed by atoms with Crippen molar-refractivity contribution >= 4 is 27.7 Å². The summed E-state index contributed by atoms with van der Waals surface area (Å²) < 4.78 is 16.4. The van der Waals surface area contributed by atoms with Crippen molar-refractivity contribution in [1.82, 2.24) is 0 Å². The number of benzene rings is 2. The molecule has 0 bridgehead atoms. The highest BCUT2D eigenvalue weighted by molar-refractivity contribution is 9.10. The van der Waals surface area contributed by atoms with Crippen LogP contribution >= 0.6 is 15.9 Å². The third-order valence-corrected chi connectivity index (χ3v) is 5.24. The first-order valence-electron chi connectivity index (χ1n) is 9.04. The fraction of sp³-hybridized carbons (Fsp3) is 0.364. The lowest BCUT2D eigenvalue weighted by atomic mass is 9.83. The van der Waals surface area contributed by atoms with Crippen LogP contribution in [0.3, 0.4) is 0 Å². The van der Waals surface area contributed by atoms with Crippen molar-refractivity contribution in [3.63, 3.8) is 0 Å². The highest BCUT2D eigenvalue weighted by Crippen LogP contribution is 2.28. The van der Waals surface area contributed by atoms with E-state index in [4.69, 9.17) is 14.2 Å². The largest absolute Gasteiger partial charge is 0.497 e. The molecular weight excluding hydrogens is 440 g/mol. The molecule has 7 heteroatoms. The van der Waals surface area contributed by atoms with Crippen LogP contribution in [0.5, 0.6) is 11.5 Å². The van der Waals surface area contributed by atoms with Crippen molar-refractivity contribution in [2.45, 2.75) is 33.0 Å². The Hall–Kier alpha value is -2.38. The van der Waals surface area contributed by atoms with Gasteiger partial charge in [-0.3, -0.25) is 9.59 Å². The zero-order valence-corrected chi connectivity index (χ0v) is 18.5. The number of hydrogen-bond donors (Lipinski definition) is 1. The molecule has 0 aromatic heterocycles. The number of methoxy groups -OCH3 is 2.